The zero-order chi connectivity index (χ0) is 8.49. The van der Waals surface area contributed by atoms with E-state index in [1.807, 2.05) is 18.6 Å². The predicted octanol–water partition coefficient (Wildman–Crippen LogP) is -1.03. The van der Waals surface area contributed by atoms with Crippen molar-refractivity contribution in [1.82, 2.24) is 19.8 Å². The Bertz CT molecular complexity index is 194. The number of hydrogen-bond donors (Lipinski definition) is 0. The van der Waals surface area contributed by atoms with E-state index in [0.717, 1.165) is 0 Å². The molecule has 0 amide bonds. The fourth-order valence-corrected chi connectivity index (χ4v) is 0.518. The van der Waals surface area contributed by atoms with Crippen LogP contribution in [0.3, 0.4) is 0 Å². The summed E-state index contributed by atoms with van der Waals surface area (Å²) in [6.45, 7) is 1.94. The minimum absolute atomic E-state index is 1.44. The molecule has 7 heteroatoms. The van der Waals surface area contributed by atoms with E-state index >= 15 is 0 Å². The molecule has 0 aromatic carbocycles. The second-order valence-corrected chi connectivity index (χ2v) is 1.82. The molecule has 0 saturated heterocycles. The number of hydrogen-bond acceptors (Lipinski definition) is 4. The summed E-state index contributed by atoms with van der Waals surface area (Å²) in [5.41, 5.74) is 0. The van der Waals surface area contributed by atoms with Crippen LogP contribution in [0, 0.1) is 0 Å². The fraction of sp³-hybridized carbons (Fsp3) is 0. The van der Waals surface area contributed by atoms with Crippen molar-refractivity contribution in [1.29, 1.82) is 0 Å². The molecule has 0 aliphatic rings. The van der Waals surface area contributed by atoms with Crippen molar-refractivity contribution in [2.24, 2.45) is 0 Å². The SMILES string of the molecule is b1cbnbc1.c1ncncn1. The van der Waals surface area contributed by atoms with Gasteiger partial charge in [0.15, 0.2) is 0 Å². The molecule has 2 aromatic rings. The van der Waals surface area contributed by atoms with E-state index < -0.39 is 0 Å². The van der Waals surface area contributed by atoms with Gasteiger partial charge in [-0.25, -0.2) is 15.0 Å². The van der Waals surface area contributed by atoms with Crippen LogP contribution in [-0.2, 0) is 0 Å². The normalized spacial score (nSPS) is 7.00. The first-order chi connectivity index (χ1) is 6.00. The molecule has 0 spiro atoms. The van der Waals surface area contributed by atoms with Gasteiger partial charge >= 0.3 is 37.5 Å². The molecule has 12 heavy (non-hydrogen) atoms. The Morgan fingerprint density at radius 3 is 1.42 bits per heavy atom. The van der Waals surface area contributed by atoms with E-state index in [1.54, 1.807) is 14.1 Å². The zero-order valence-corrected chi connectivity index (χ0v) is 6.41. The van der Waals surface area contributed by atoms with E-state index in [-0.39, 0.29) is 0 Å². The van der Waals surface area contributed by atoms with Gasteiger partial charge in [-0.3, -0.25) is 0 Å². The number of nitrogens with zero attached hydrogens (tertiary/aromatic N) is 4. The average molecular weight is 154 g/mol. The van der Waals surface area contributed by atoms with Crippen LogP contribution in [0.4, 0.5) is 0 Å². The molecule has 2 heterocycles. The average Bonchev–Trinajstić information content (AvgIpc) is 2.24. The van der Waals surface area contributed by atoms with Gasteiger partial charge in [0.2, 0.25) is 0 Å². The summed E-state index contributed by atoms with van der Waals surface area (Å²) < 4.78 is 0. The van der Waals surface area contributed by atoms with Gasteiger partial charge in [0.25, 0.3) is 0 Å². The monoisotopic (exact) mass is 154 g/mol. The summed E-state index contributed by atoms with van der Waals surface area (Å²) in [4.78, 5) is 14.5. The van der Waals surface area contributed by atoms with Gasteiger partial charge in [-0.05, 0) is 0 Å². The topological polar surface area (TPSA) is 51.6 Å². The van der Waals surface area contributed by atoms with Crippen molar-refractivity contribution in [3.05, 3.63) is 30.7 Å². The van der Waals surface area contributed by atoms with Crippen molar-refractivity contribution >= 4 is 21.0 Å². The molecule has 54 valence electrons. The molecule has 0 fully saturated rings. The first-order valence-electron chi connectivity index (χ1n) is 3.40. The van der Waals surface area contributed by atoms with E-state index in [4.69, 9.17) is 0 Å². The van der Waals surface area contributed by atoms with Crippen LogP contribution < -0.4 is 0 Å². The predicted molar refractivity (Wildman–Crippen MR) is 48.1 cm³/mol. The third-order valence-electron chi connectivity index (χ3n) is 0.966. The largest absolute Gasteiger partial charge is 0.225 e. The first kappa shape index (κ1) is 8.84. The second-order valence-electron chi connectivity index (χ2n) is 1.82. The Morgan fingerprint density at radius 2 is 1.25 bits per heavy atom. The third-order valence-corrected chi connectivity index (χ3v) is 0.966. The maximum atomic E-state index is 3.78. The van der Waals surface area contributed by atoms with Crippen molar-refractivity contribution < 1.29 is 0 Å². The Balaban J connectivity index is 0.000000120. The summed E-state index contributed by atoms with van der Waals surface area (Å²) in [6.07, 6.45) is 4.31. The van der Waals surface area contributed by atoms with Gasteiger partial charge < -0.3 is 0 Å². The first-order valence-corrected chi connectivity index (χ1v) is 3.40. The molecule has 2 rings (SSSR count). The summed E-state index contributed by atoms with van der Waals surface area (Å²) in [7, 11) is 3.50. The maximum absolute atomic E-state index is 3.78. The molecule has 0 aliphatic carbocycles. The van der Waals surface area contributed by atoms with Crippen molar-refractivity contribution in [3.63, 3.8) is 0 Å². The summed E-state index contributed by atoms with van der Waals surface area (Å²) >= 11 is 0. The fourth-order valence-electron chi connectivity index (χ4n) is 0.518. The van der Waals surface area contributed by atoms with Gasteiger partial charge in [-0.1, -0.05) is 0 Å². The van der Waals surface area contributed by atoms with Crippen LogP contribution in [-0.4, -0.2) is 40.8 Å². The summed E-state index contributed by atoms with van der Waals surface area (Å²) in [5, 5.41) is 0. The van der Waals surface area contributed by atoms with Crippen LogP contribution in [0.15, 0.2) is 30.7 Å². The van der Waals surface area contributed by atoms with E-state index in [1.165, 1.54) is 19.0 Å². The Labute approximate surface area is 72.2 Å². The van der Waals surface area contributed by atoms with Gasteiger partial charge in [-0.2, -0.15) is 0 Å². The summed E-state index contributed by atoms with van der Waals surface area (Å²) in [5.74, 6) is 3.78. The molecule has 0 atom stereocenters. The second kappa shape index (κ2) is 6.45. The van der Waals surface area contributed by atoms with Gasteiger partial charge in [-0.15, -0.1) is 0 Å². The number of rotatable bonds is 0. The van der Waals surface area contributed by atoms with Crippen LogP contribution in [0.5, 0.6) is 0 Å². The minimum atomic E-state index is 1.44. The molecule has 4 nitrogen and oxygen atoms in total. The molecule has 2 aromatic heterocycles. The van der Waals surface area contributed by atoms with Crippen molar-refractivity contribution in [2.75, 3.05) is 0 Å². The number of aromatic nitrogens is 4. The molecular weight excluding hydrogens is 149 g/mol. The molecule has 0 radical (unpaired) electrons. The van der Waals surface area contributed by atoms with Gasteiger partial charge in [0.05, 0.1) is 0 Å². The van der Waals surface area contributed by atoms with Crippen LogP contribution in [0.2, 0.25) is 0 Å². The summed E-state index contributed by atoms with van der Waals surface area (Å²) in [6, 6.07) is 0. The Morgan fingerprint density at radius 1 is 0.750 bits per heavy atom. The van der Waals surface area contributed by atoms with Gasteiger partial charge in [0.1, 0.15) is 19.0 Å². The molecule has 0 saturated carbocycles. The Kier molecular flexibility index (Phi) is 4.75. The molecule has 0 N–H and O–H groups in total. The smallest absolute Gasteiger partial charge is 0.119 e. The van der Waals surface area contributed by atoms with E-state index in [0.29, 0.717) is 0 Å². The standard InChI is InChI=1S/C3H3N3.C2H2B3N/c1-4-2-6-3-5-1;1-3-2-5-6-4-1/h1-3H;1-2H. The molecule has 0 bridgehead atoms. The Hall–Kier alpha value is -1.26. The van der Waals surface area contributed by atoms with Crippen LogP contribution in [0.1, 0.15) is 0 Å². The molecule has 0 unspecified atom stereocenters. The zero-order valence-electron chi connectivity index (χ0n) is 6.41. The van der Waals surface area contributed by atoms with Crippen LogP contribution >= 0.6 is 0 Å². The van der Waals surface area contributed by atoms with Crippen molar-refractivity contribution in [2.45, 2.75) is 0 Å². The van der Waals surface area contributed by atoms with Gasteiger partial charge in [0, 0.05) is 0 Å². The third kappa shape index (κ3) is 4.54. The van der Waals surface area contributed by atoms with Crippen LogP contribution in [0.25, 0.3) is 0 Å². The van der Waals surface area contributed by atoms with E-state index in [9.17, 15) is 0 Å². The quantitative estimate of drug-likeness (QED) is 0.486. The molecule has 0 aliphatic heterocycles. The maximum Gasteiger partial charge on any atom is 0.119 e. The molecular formula is C5H5B3N4. The van der Waals surface area contributed by atoms with E-state index in [2.05, 4.69) is 19.8 Å². The van der Waals surface area contributed by atoms with Crippen molar-refractivity contribution in [3.8, 4) is 0 Å². The minimum Gasteiger partial charge on any atom is -0.225 e.